The van der Waals surface area contributed by atoms with Crippen molar-refractivity contribution in [2.24, 2.45) is 0 Å². The number of benzene rings is 7. The summed E-state index contributed by atoms with van der Waals surface area (Å²) in [4.78, 5) is 2.45. The van der Waals surface area contributed by atoms with E-state index in [0.29, 0.717) is 0 Å². The molecule has 46 heavy (non-hydrogen) atoms. The second-order valence-electron chi connectivity index (χ2n) is 12.9. The van der Waals surface area contributed by atoms with Crippen LogP contribution in [0.1, 0.15) is 25.0 Å². The van der Waals surface area contributed by atoms with Crippen LogP contribution in [0.15, 0.2) is 144 Å². The summed E-state index contributed by atoms with van der Waals surface area (Å²) in [6, 6.07) is 50.6. The number of anilines is 3. The van der Waals surface area contributed by atoms with Crippen LogP contribution in [0, 0.1) is 0 Å². The Labute approximate surface area is 270 Å². The van der Waals surface area contributed by atoms with E-state index in [-0.39, 0.29) is 5.41 Å². The molecule has 0 amide bonds. The number of para-hydroxylation sites is 2. The predicted octanol–water partition coefficient (Wildman–Crippen LogP) is 12.9. The molecule has 0 aliphatic heterocycles. The van der Waals surface area contributed by atoms with E-state index in [1.165, 1.54) is 69.7 Å². The third-order valence-corrected chi connectivity index (χ3v) is 11.1. The monoisotopic (exact) mass is 607 g/mol. The zero-order chi connectivity index (χ0) is 30.6. The standard InChI is InChI=1S/C43H29NOS/c1-43(2)40-33(39-41(43)31-17-7-6-16-30(31)38-32-18-8-10-21-35(32)45-42(38)39)19-12-20-34(40)44(26-13-4-3-5-14-26)27-23-24-29-28-15-9-11-22-36(28)46-37(29)25-27/h3-25H,1-2H3. The highest BCUT2D eigenvalue weighted by molar-refractivity contribution is 7.25. The fourth-order valence-corrected chi connectivity index (χ4v) is 9.28. The minimum absolute atomic E-state index is 0.289. The molecule has 1 aliphatic carbocycles. The molecular weight excluding hydrogens is 579 g/mol. The Morgan fingerprint density at radius 1 is 0.543 bits per heavy atom. The summed E-state index contributed by atoms with van der Waals surface area (Å²) in [6.07, 6.45) is 0. The molecular formula is C43H29NOS. The quantitative estimate of drug-likeness (QED) is 0.199. The maximum atomic E-state index is 6.79. The molecule has 0 bridgehead atoms. The van der Waals surface area contributed by atoms with E-state index in [1.807, 2.05) is 11.3 Å². The third-order valence-electron chi connectivity index (χ3n) is 9.98. The molecule has 0 spiro atoms. The average molecular weight is 608 g/mol. The zero-order valence-electron chi connectivity index (χ0n) is 25.5. The van der Waals surface area contributed by atoms with E-state index in [1.54, 1.807) is 0 Å². The van der Waals surface area contributed by atoms with Gasteiger partial charge >= 0.3 is 0 Å². The molecule has 2 aromatic heterocycles. The lowest BCUT2D eigenvalue weighted by molar-refractivity contribution is 0.658. The van der Waals surface area contributed by atoms with Crippen LogP contribution in [0.5, 0.6) is 0 Å². The van der Waals surface area contributed by atoms with E-state index in [0.717, 1.165) is 22.5 Å². The highest BCUT2D eigenvalue weighted by atomic mass is 32.1. The Bertz CT molecular complexity index is 2680. The maximum absolute atomic E-state index is 6.79. The van der Waals surface area contributed by atoms with Crippen molar-refractivity contribution in [3.63, 3.8) is 0 Å². The topological polar surface area (TPSA) is 16.4 Å². The zero-order valence-corrected chi connectivity index (χ0v) is 26.4. The number of fused-ring (bicyclic) bond motifs is 13. The van der Waals surface area contributed by atoms with Gasteiger partial charge in [0.1, 0.15) is 11.2 Å². The van der Waals surface area contributed by atoms with Crippen LogP contribution in [0.3, 0.4) is 0 Å². The second kappa shape index (κ2) is 9.32. The SMILES string of the molecule is CC1(C)c2c(cccc2N(c2ccccc2)c2ccc3c(c2)sc2ccccc23)-c2c1c1ccccc1c1c2oc2ccccc21. The van der Waals surface area contributed by atoms with Crippen molar-refractivity contribution >= 4 is 81.3 Å². The Kier molecular flexibility index (Phi) is 5.25. The number of hydrogen-bond donors (Lipinski definition) is 0. The predicted molar refractivity (Wildman–Crippen MR) is 196 cm³/mol. The van der Waals surface area contributed by atoms with Crippen LogP contribution < -0.4 is 4.90 Å². The number of furan rings is 1. The Balaban J connectivity index is 1.29. The van der Waals surface area contributed by atoms with Crippen LogP contribution in [0.2, 0.25) is 0 Å². The van der Waals surface area contributed by atoms with Crippen LogP contribution in [-0.2, 0) is 5.41 Å². The number of nitrogens with zero attached hydrogens (tertiary/aromatic N) is 1. The molecule has 0 unspecified atom stereocenters. The van der Waals surface area contributed by atoms with Crippen molar-refractivity contribution in [3.05, 3.63) is 151 Å². The molecule has 3 heteroatoms. The van der Waals surface area contributed by atoms with E-state index in [2.05, 4.69) is 158 Å². The minimum Gasteiger partial charge on any atom is -0.455 e. The van der Waals surface area contributed by atoms with Gasteiger partial charge in [-0.25, -0.2) is 0 Å². The van der Waals surface area contributed by atoms with Crippen LogP contribution in [0.25, 0.3) is 64.0 Å². The van der Waals surface area contributed by atoms with Gasteiger partial charge in [-0.1, -0.05) is 111 Å². The van der Waals surface area contributed by atoms with Gasteiger partial charge in [-0.2, -0.15) is 0 Å². The summed E-state index contributed by atoms with van der Waals surface area (Å²) in [5.41, 5.74) is 10.2. The molecule has 218 valence electrons. The maximum Gasteiger partial charge on any atom is 0.144 e. The van der Waals surface area contributed by atoms with Crippen LogP contribution >= 0.6 is 11.3 Å². The molecule has 1 aliphatic rings. The summed E-state index contributed by atoms with van der Waals surface area (Å²) in [5.74, 6) is 0. The molecule has 0 atom stereocenters. The largest absolute Gasteiger partial charge is 0.455 e. The van der Waals surface area contributed by atoms with Gasteiger partial charge in [0.25, 0.3) is 0 Å². The summed E-state index contributed by atoms with van der Waals surface area (Å²) in [6.45, 7) is 4.78. The fourth-order valence-electron chi connectivity index (χ4n) is 8.14. The van der Waals surface area contributed by atoms with Crippen molar-refractivity contribution < 1.29 is 4.42 Å². The molecule has 2 heterocycles. The highest BCUT2D eigenvalue weighted by Gasteiger charge is 2.42. The molecule has 0 radical (unpaired) electrons. The van der Waals surface area contributed by atoms with Gasteiger partial charge in [-0.05, 0) is 69.9 Å². The van der Waals surface area contributed by atoms with Crippen molar-refractivity contribution in [2.75, 3.05) is 4.90 Å². The Morgan fingerprint density at radius 3 is 2.09 bits per heavy atom. The molecule has 10 rings (SSSR count). The summed E-state index contributed by atoms with van der Waals surface area (Å²) >= 11 is 1.86. The molecule has 0 saturated carbocycles. The summed E-state index contributed by atoms with van der Waals surface area (Å²) < 4.78 is 9.40. The lowest BCUT2D eigenvalue weighted by atomic mass is 9.78. The van der Waals surface area contributed by atoms with Gasteiger partial charge in [-0.15, -0.1) is 11.3 Å². The second-order valence-corrected chi connectivity index (χ2v) is 14.0. The summed E-state index contributed by atoms with van der Waals surface area (Å²) in [7, 11) is 0. The van der Waals surface area contributed by atoms with Gasteiger partial charge in [0, 0.05) is 53.3 Å². The molecule has 0 fully saturated rings. The van der Waals surface area contributed by atoms with E-state index >= 15 is 0 Å². The van der Waals surface area contributed by atoms with Crippen molar-refractivity contribution in [3.8, 4) is 11.1 Å². The van der Waals surface area contributed by atoms with Gasteiger partial charge in [0.15, 0.2) is 0 Å². The lowest BCUT2D eigenvalue weighted by Gasteiger charge is -2.32. The van der Waals surface area contributed by atoms with E-state index in [9.17, 15) is 0 Å². The van der Waals surface area contributed by atoms with E-state index < -0.39 is 0 Å². The normalized spacial score (nSPS) is 13.6. The third kappa shape index (κ3) is 3.41. The highest BCUT2D eigenvalue weighted by Crippen LogP contribution is 2.59. The first kappa shape index (κ1) is 25.9. The van der Waals surface area contributed by atoms with Crippen molar-refractivity contribution in [2.45, 2.75) is 19.3 Å². The molecule has 0 saturated heterocycles. The molecule has 7 aromatic carbocycles. The first-order valence-electron chi connectivity index (χ1n) is 15.9. The van der Waals surface area contributed by atoms with Gasteiger partial charge in [0.05, 0.1) is 5.69 Å². The van der Waals surface area contributed by atoms with Crippen LogP contribution in [-0.4, -0.2) is 0 Å². The number of rotatable bonds is 3. The average Bonchev–Trinajstić information content (AvgIpc) is 3.73. The van der Waals surface area contributed by atoms with Gasteiger partial charge in [-0.3, -0.25) is 0 Å². The molecule has 9 aromatic rings. The minimum atomic E-state index is -0.289. The van der Waals surface area contributed by atoms with Crippen molar-refractivity contribution in [1.82, 2.24) is 0 Å². The smallest absolute Gasteiger partial charge is 0.144 e. The Morgan fingerprint density at radius 2 is 1.24 bits per heavy atom. The van der Waals surface area contributed by atoms with E-state index in [4.69, 9.17) is 4.42 Å². The van der Waals surface area contributed by atoms with Crippen molar-refractivity contribution in [1.29, 1.82) is 0 Å². The van der Waals surface area contributed by atoms with Crippen LogP contribution in [0.4, 0.5) is 17.1 Å². The fraction of sp³-hybridized carbons (Fsp3) is 0.0698. The first-order valence-corrected chi connectivity index (χ1v) is 16.7. The lowest BCUT2D eigenvalue weighted by Crippen LogP contribution is -2.21. The van der Waals surface area contributed by atoms with Gasteiger partial charge in [0.2, 0.25) is 0 Å². The number of hydrogen-bond acceptors (Lipinski definition) is 3. The first-order chi connectivity index (χ1) is 22.6. The summed E-state index contributed by atoms with van der Waals surface area (Å²) in [5, 5.41) is 7.54. The number of thiophene rings is 1. The van der Waals surface area contributed by atoms with Gasteiger partial charge < -0.3 is 9.32 Å². The molecule has 2 nitrogen and oxygen atoms in total. The Hall–Kier alpha value is -5.38. The molecule has 0 N–H and O–H groups in total.